The summed E-state index contributed by atoms with van der Waals surface area (Å²) in [5, 5.41) is 10.0. The van der Waals surface area contributed by atoms with Crippen molar-refractivity contribution >= 4 is 27.3 Å². The van der Waals surface area contributed by atoms with Gasteiger partial charge in [0, 0.05) is 23.3 Å². The second-order valence-electron chi connectivity index (χ2n) is 7.41. The van der Waals surface area contributed by atoms with Crippen LogP contribution in [0.25, 0.3) is 0 Å². The average molecular weight is 495 g/mol. The third-order valence-corrected chi connectivity index (χ3v) is 7.54. The van der Waals surface area contributed by atoms with E-state index in [0.717, 1.165) is 18.2 Å². The van der Waals surface area contributed by atoms with Gasteiger partial charge in [-0.2, -0.15) is 0 Å². The molecular weight excluding hydrogens is 474 g/mol. The van der Waals surface area contributed by atoms with E-state index >= 15 is 0 Å². The molecule has 33 heavy (non-hydrogen) atoms. The van der Waals surface area contributed by atoms with Crippen molar-refractivity contribution in [3.05, 3.63) is 93.3 Å². The van der Waals surface area contributed by atoms with E-state index in [1.165, 1.54) is 30.5 Å². The molecule has 0 aliphatic carbocycles. The number of sulfone groups is 1. The molecule has 6 nitrogen and oxygen atoms in total. The number of carbonyl (C=O) groups excluding carboxylic acids is 1. The molecule has 10 heteroatoms. The lowest BCUT2D eigenvalue weighted by atomic mass is 10.0. The third kappa shape index (κ3) is 5.21. The Hall–Kier alpha value is -2.88. The number of aryl methyl sites for hydroxylation is 2. The molecular formula is C23H21ClF2N2O4S. The quantitative estimate of drug-likeness (QED) is 0.519. The number of aliphatic hydroxyl groups excluding tert-OH is 1. The first kappa shape index (κ1) is 24.8. The van der Waals surface area contributed by atoms with E-state index in [1.54, 1.807) is 13.8 Å². The van der Waals surface area contributed by atoms with Crippen molar-refractivity contribution in [2.24, 2.45) is 0 Å². The fourth-order valence-corrected chi connectivity index (χ4v) is 5.46. The summed E-state index contributed by atoms with van der Waals surface area (Å²) >= 11 is 6.03. The molecule has 0 saturated heterocycles. The number of halogens is 3. The lowest BCUT2D eigenvalue weighted by Gasteiger charge is -2.22. The van der Waals surface area contributed by atoms with E-state index in [2.05, 4.69) is 10.3 Å². The second-order valence-corrected chi connectivity index (χ2v) is 9.85. The predicted molar refractivity (Wildman–Crippen MR) is 120 cm³/mol. The summed E-state index contributed by atoms with van der Waals surface area (Å²) in [5.74, 6) is -2.27. The molecule has 2 aromatic carbocycles. The standard InChI is InChI=1S/C23H21ClF2N2O4S/c1-13-10-21(23(30)27-7-8-29)28-12-18(13)22(17-11-15(25)3-6-20(17)26)33(31,32)16-4-5-19(24)14(2)9-16/h3-6,9-12,22,29H,7-8H2,1-2H3,(H,27,30). The van der Waals surface area contributed by atoms with Gasteiger partial charge in [-0.15, -0.1) is 0 Å². The number of carbonyl (C=O) groups is 1. The van der Waals surface area contributed by atoms with Crippen LogP contribution < -0.4 is 5.32 Å². The number of aliphatic hydroxyl groups is 1. The Bertz CT molecular complexity index is 1320. The number of aromatic nitrogens is 1. The summed E-state index contributed by atoms with van der Waals surface area (Å²) in [6, 6.07) is 8.03. The second kappa shape index (κ2) is 9.94. The fourth-order valence-electron chi connectivity index (χ4n) is 3.37. The van der Waals surface area contributed by atoms with E-state index < -0.39 is 32.6 Å². The van der Waals surface area contributed by atoms with Gasteiger partial charge in [0.1, 0.15) is 22.6 Å². The van der Waals surface area contributed by atoms with Crippen LogP contribution in [0.2, 0.25) is 5.02 Å². The van der Waals surface area contributed by atoms with Crippen LogP contribution in [0, 0.1) is 25.5 Å². The maximum atomic E-state index is 14.8. The topological polar surface area (TPSA) is 96.4 Å². The van der Waals surface area contributed by atoms with Crippen LogP contribution in [0.5, 0.6) is 0 Å². The maximum Gasteiger partial charge on any atom is 0.269 e. The summed E-state index contributed by atoms with van der Waals surface area (Å²) < 4.78 is 56.3. The third-order valence-electron chi connectivity index (χ3n) is 5.07. The number of benzene rings is 2. The molecule has 0 aliphatic heterocycles. The Morgan fingerprint density at radius 2 is 1.82 bits per heavy atom. The average Bonchev–Trinajstić information content (AvgIpc) is 2.77. The summed E-state index contributed by atoms with van der Waals surface area (Å²) in [6.45, 7) is 2.93. The molecule has 0 bridgehead atoms. The van der Waals surface area contributed by atoms with Crippen molar-refractivity contribution in [3.8, 4) is 0 Å². The molecule has 1 atom stereocenters. The highest BCUT2D eigenvalue weighted by Crippen LogP contribution is 2.38. The SMILES string of the molecule is Cc1cc(S(=O)(=O)C(c2cnc(C(=O)NCCO)cc2C)c2cc(F)ccc2F)ccc1Cl. The van der Waals surface area contributed by atoms with Crippen molar-refractivity contribution in [3.63, 3.8) is 0 Å². The van der Waals surface area contributed by atoms with Gasteiger partial charge in [-0.3, -0.25) is 9.78 Å². The van der Waals surface area contributed by atoms with Gasteiger partial charge in [0.25, 0.3) is 5.91 Å². The molecule has 1 amide bonds. The van der Waals surface area contributed by atoms with Crippen LogP contribution in [0.4, 0.5) is 8.78 Å². The lowest BCUT2D eigenvalue weighted by molar-refractivity contribution is 0.0939. The van der Waals surface area contributed by atoms with E-state index in [9.17, 15) is 22.0 Å². The van der Waals surface area contributed by atoms with E-state index in [0.29, 0.717) is 16.1 Å². The first-order valence-corrected chi connectivity index (χ1v) is 11.8. The summed E-state index contributed by atoms with van der Waals surface area (Å²) in [7, 11) is -4.29. The largest absolute Gasteiger partial charge is 0.395 e. The number of hydrogen-bond acceptors (Lipinski definition) is 5. The number of amides is 1. The van der Waals surface area contributed by atoms with Gasteiger partial charge in [-0.1, -0.05) is 11.6 Å². The summed E-state index contributed by atoms with van der Waals surface area (Å²) in [5.41, 5.74) is 0.530. The Balaban J connectivity index is 2.21. The van der Waals surface area contributed by atoms with Gasteiger partial charge in [0.2, 0.25) is 0 Å². The van der Waals surface area contributed by atoms with Gasteiger partial charge >= 0.3 is 0 Å². The van der Waals surface area contributed by atoms with Crippen molar-refractivity contribution in [2.75, 3.05) is 13.2 Å². The molecule has 1 aromatic heterocycles. The minimum Gasteiger partial charge on any atom is -0.395 e. The Kier molecular flexibility index (Phi) is 7.46. The maximum absolute atomic E-state index is 14.8. The smallest absolute Gasteiger partial charge is 0.269 e. The molecule has 0 aliphatic rings. The highest BCUT2D eigenvalue weighted by molar-refractivity contribution is 7.92. The molecule has 0 saturated carbocycles. The Labute approximate surface area is 195 Å². The molecule has 1 unspecified atom stereocenters. The zero-order chi connectivity index (χ0) is 24.3. The van der Waals surface area contributed by atoms with Gasteiger partial charge in [-0.25, -0.2) is 17.2 Å². The van der Waals surface area contributed by atoms with Crippen LogP contribution in [0.3, 0.4) is 0 Å². The molecule has 1 heterocycles. The molecule has 2 N–H and O–H groups in total. The molecule has 3 rings (SSSR count). The predicted octanol–water partition coefficient (Wildman–Crippen LogP) is 3.92. The summed E-state index contributed by atoms with van der Waals surface area (Å²) in [4.78, 5) is 16.1. The highest BCUT2D eigenvalue weighted by atomic mass is 35.5. The normalized spacial score (nSPS) is 12.4. The van der Waals surface area contributed by atoms with Gasteiger partial charge < -0.3 is 10.4 Å². The molecule has 0 radical (unpaired) electrons. The Morgan fingerprint density at radius 3 is 2.45 bits per heavy atom. The first-order chi connectivity index (χ1) is 15.6. The zero-order valence-electron chi connectivity index (χ0n) is 17.8. The minimum absolute atomic E-state index is 0.0112. The van der Waals surface area contributed by atoms with E-state index in [1.807, 2.05) is 0 Å². The number of nitrogens with zero attached hydrogens (tertiary/aromatic N) is 1. The van der Waals surface area contributed by atoms with Crippen LogP contribution in [0.1, 0.15) is 38.0 Å². The lowest BCUT2D eigenvalue weighted by Crippen LogP contribution is -2.27. The molecule has 0 fully saturated rings. The van der Waals surface area contributed by atoms with Crippen molar-refractivity contribution < 1.29 is 27.1 Å². The highest BCUT2D eigenvalue weighted by Gasteiger charge is 2.35. The van der Waals surface area contributed by atoms with Crippen LogP contribution in [-0.4, -0.2) is 37.6 Å². The van der Waals surface area contributed by atoms with Crippen molar-refractivity contribution in [1.29, 1.82) is 0 Å². The number of nitrogens with one attached hydrogen (secondary N) is 1. The van der Waals surface area contributed by atoms with E-state index in [-0.39, 0.29) is 34.9 Å². The molecule has 3 aromatic rings. The first-order valence-electron chi connectivity index (χ1n) is 9.87. The molecule has 174 valence electrons. The Morgan fingerprint density at radius 1 is 1.09 bits per heavy atom. The minimum atomic E-state index is -4.29. The van der Waals surface area contributed by atoms with Crippen LogP contribution in [-0.2, 0) is 9.84 Å². The van der Waals surface area contributed by atoms with Crippen LogP contribution >= 0.6 is 11.6 Å². The monoisotopic (exact) mass is 494 g/mol. The number of hydrogen-bond donors (Lipinski definition) is 2. The van der Waals surface area contributed by atoms with Gasteiger partial charge in [0.05, 0.1) is 11.5 Å². The summed E-state index contributed by atoms with van der Waals surface area (Å²) in [6.07, 6.45) is 1.17. The van der Waals surface area contributed by atoms with E-state index in [4.69, 9.17) is 16.7 Å². The fraction of sp³-hybridized carbons (Fsp3) is 0.217. The van der Waals surface area contributed by atoms with Crippen molar-refractivity contribution in [2.45, 2.75) is 24.0 Å². The number of rotatable bonds is 7. The van der Waals surface area contributed by atoms with Gasteiger partial charge in [0.15, 0.2) is 9.84 Å². The molecule has 0 spiro atoms. The zero-order valence-corrected chi connectivity index (χ0v) is 19.3. The van der Waals surface area contributed by atoms with Crippen LogP contribution in [0.15, 0.2) is 53.6 Å². The number of pyridine rings is 1. The van der Waals surface area contributed by atoms with Crippen molar-refractivity contribution in [1.82, 2.24) is 10.3 Å². The van der Waals surface area contributed by atoms with Gasteiger partial charge in [-0.05, 0) is 73.0 Å².